The lowest BCUT2D eigenvalue weighted by atomic mass is 10.1. The lowest BCUT2D eigenvalue weighted by molar-refractivity contribution is 0.478. The molecule has 1 unspecified atom stereocenters. The molecule has 0 radical (unpaired) electrons. The van der Waals surface area contributed by atoms with Crippen LogP contribution >= 0.6 is 22.6 Å². The Hall–Kier alpha value is -0.180. The second-order valence-corrected chi connectivity index (χ2v) is 5.65. The fourth-order valence-electron chi connectivity index (χ4n) is 1.03. The van der Waals surface area contributed by atoms with Crippen molar-refractivity contribution in [3.8, 4) is 0 Å². The second kappa shape index (κ2) is 4.56. The van der Waals surface area contributed by atoms with Gasteiger partial charge in [0.1, 0.15) is 0 Å². The molecule has 0 fully saturated rings. The third-order valence-corrected chi connectivity index (χ3v) is 3.19. The van der Waals surface area contributed by atoms with Crippen LogP contribution in [-0.4, -0.2) is 18.7 Å². The van der Waals surface area contributed by atoms with Crippen LogP contribution in [0.3, 0.4) is 0 Å². The van der Waals surface area contributed by atoms with Crippen molar-refractivity contribution in [3.05, 3.63) is 33.4 Å². The molecule has 0 aliphatic carbocycles. The summed E-state index contributed by atoms with van der Waals surface area (Å²) in [5.41, 5.74) is 6.29. The molecule has 0 aliphatic rings. The van der Waals surface area contributed by atoms with Crippen LogP contribution in [0.25, 0.3) is 0 Å². The number of rotatable bonds is 3. The molecule has 0 spiro atoms. The molecule has 6 heteroatoms. The predicted molar refractivity (Wildman–Crippen MR) is 62.5 cm³/mol. The van der Waals surface area contributed by atoms with Crippen molar-refractivity contribution in [2.45, 2.75) is 6.04 Å². The number of benzene rings is 1. The molecule has 0 heterocycles. The van der Waals surface area contributed by atoms with Gasteiger partial charge >= 0.3 is 0 Å². The third-order valence-electron chi connectivity index (χ3n) is 1.69. The van der Waals surface area contributed by atoms with Crippen molar-refractivity contribution < 1.29 is 13.0 Å². The van der Waals surface area contributed by atoms with Crippen LogP contribution in [0.15, 0.2) is 24.3 Å². The molecule has 0 saturated heterocycles. The van der Waals surface area contributed by atoms with Crippen molar-refractivity contribution in [2.24, 2.45) is 5.73 Å². The molecule has 1 atom stereocenters. The number of hydrogen-bond donors (Lipinski definition) is 2. The van der Waals surface area contributed by atoms with E-state index in [4.69, 9.17) is 10.3 Å². The monoisotopic (exact) mass is 327 g/mol. The molecule has 0 aromatic heterocycles. The zero-order valence-corrected chi connectivity index (χ0v) is 10.2. The molecule has 0 amide bonds. The van der Waals surface area contributed by atoms with E-state index in [0.29, 0.717) is 5.56 Å². The number of nitrogens with two attached hydrogens (primary N) is 1. The molecular formula is C8H10INO3S. The van der Waals surface area contributed by atoms with Crippen LogP contribution < -0.4 is 5.73 Å². The van der Waals surface area contributed by atoms with E-state index in [9.17, 15) is 8.42 Å². The van der Waals surface area contributed by atoms with Gasteiger partial charge in [0.05, 0.1) is 5.75 Å². The van der Waals surface area contributed by atoms with Crippen molar-refractivity contribution >= 4 is 32.7 Å². The lowest BCUT2D eigenvalue weighted by Crippen LogP contribution is -2.21. The minimum absolute atomic E-state index is 0.451. The van der Waals surface area contributed by atoms with E-state index in [1.807, 2.05) is 12.1 Å². The van der Waals surface area contributed by atoms with E-state index >= 15 is 0 Å². The Balaban J connectivity index is 2.80. The van der Waals surface area contributed by atoms with Crippen LogP contribution in [0.2, 0.25) is 0 Å². The Morgan fingerprint density at radius 3 is 2.29 bits per heavy atom. The summed E-state index contributed by atoms with van der Waals surface area (Å²) >= 11 is 2.14. The van der Waals surface area contributed by atoms with Crippen molar-refractivity contribution in [1.29, 1.82) is 0 Å². The Kier molecular flexibility index (Phi) is 3.87. The van der Waals surface area contributed by atoms with Crippen molar-refractivity contribution in [2.75, 3.05) is 5.75 Å². The first-order valence-corrected chi connectivity index (χ1v) is 6.53. The smallest absolute Gasteiger partial charge is 0.266 e. The normalized spacial score (nSPS) is 13.9. The zero-order chi connectivity index (χ0) is 10.8. The minimum Gasteiger partial charge on any atom is -0.323 e. The molecule has 1 rings (SSSR count). The number of halogens is 1. The van der Waals surface area contributed by atoms with Gasteiger partial charge in [0, 0.05) is 9.61 Å². The first-order valence-electron chi connectivity index (χ1n) is 3.85. The Labute approximate surface area is 96.4 Å². The van der Waals surface area contributed by atoms with E-state index in [1.165, 1.54) is 0 Å². The molecule has 4 nitrogen and oxygen atoms in total. The Morgan fingerprint density at radius 1 is 1.36 bits per heavy atom. The van der Waals surface area contributed by atoms with Gasteiger partial charge in [-0.25, -0.2) is 0 Å². The average Bonchev–Trinajstić information content (AvgIpc) is 2.02. The quantitative estimate of drug-likeness (QED) is 0.645. The SMILES string of the molecule is NC(CS(=O)(=O)O)c1ccc(I)cc1. The van der Waals surface area contributed by atoms with Gasteiger partial charge < -0.3 is 5.73 Å². The summed E-state index contributed by atoms with van der Waals surface area (Å²) in [4.78, 5) is 0. The average molecular weight is 327 g/mol. The van der Waals surface area contributed by atoms with Gasteiger partial charge in [-0.05, 0) is 40.3 Å². The lowest BCUT2D eigenvalue weighted by Gasteiger charge is -2.09. The van der Waals surface area contributed by atoms with Gasteiger partial charge in [-0.2, -0.15) is 8.42 Å². The molecule has 1 aromatic rings. The van der Waals surface area contributed by atoms with Gasteiger partial charge in [-0.15, -0.1) is 0 Å². The topological polar surface area (TPSA) is 80.4 Å². The zero-order valence-electron chi connectivity index (χ0n) is 7.22. The van der Waals surface area contributed by atoms with Gasteiger partial charge in [-0.1, -0.05) is 12.1 Å². The maximum atomic E-state index is 10.6. The fraction of sp³-hybridized carbons (Fsp3) is 0.250. The summed E-state index contributed by atoms with van der Waals surface area (Å²) in [6.07, 6.45) is 0. The largest absolute Gasteiger partial charge is 0.323 e. The van der Waals surface area contributed by atoms with Gasteiger partial charge in [0.25, 0.3) is 10.1 Å². The Bertz CT molecular complexity index is 401. The number of hydrogen-bond acceptors (Lipinski definition) is 3. The molecular weight excluding hydrogens is 317 g/mol. The standard InChI is InChI=1S/C8H10INO3S/c9-7-3-1-6(2-4-7)8(10)5-14(11,12)13/h1-4,8H,5,10H2,(H,11,12,13). The summed E-state index contributed by atoms with van der Waals surface area (Å²) in [5, 5.41) is 0. The summed E-state index contributed by atoms with van der Waals surface area (Å²) < 4.78 is 30.8. The van der Waals surface area contributed by atoms with Crippen LogP contribution in [0.1, 0.15) is 11.6 Å². The summed E-state index contributed by atoms with van der Waals surface area (Å²) in [6.45, 7) is 0. The fourth-order valence-corrected chi connectivity index (χ4v) is 2.04. The molecule has 3 N–H and O–H groups in total. The van der Waals surface area contributed by atoms with Crippen LogP contribution in [-0.2, 0) is 10.1 Å². The maximum Gasteiger partial charge on any atom is 0.266 e. The second-order valence-electron chi connectivity index (χ2n) is 2.91. The predicted octanol–water partition coefficient (Wildman–Crippen LogP) is 1.18. The molecule has 0 aliphatic heterocycles. The molecule has 14 heavy (non-hydrogen) atoms. The highest BCUT2D eigenvalue weighted by molar-refractivity contribution is 14.1. The van der Waals surface area contributed by atoms with E-state index in [-0.39, 0.29) is 0 Å². The van der Waals surface area contributed by atoms with Crippen LogP contribution in [0.4, 0.5) is 0 Å². The van der Waals surface area contributed by atoms with Crippen molar-refractivity contribution in [1.82, 2.24) is 0 Å². The molecule has 1 aromatic carbocycles. The molecule has 0 saturated carbocycles. The highest BCUT2D eigenvalue weighted by Gasteiger charge is 2.14. The van der Waals surface area contributed by atoms with Crippen LogP contribution in [0.5, 0.6) is 0 Å². The van der Waals surface area contributed by atoms with E-state index < -0.39 is 21.9 Å². The maximum absolute atomic E-state index is 10.6. The Morgan fingerprint density at radius 2 is 1.86 bits per heavy atom. The van der Waals surface area contributed by atoms with Gasteiger partial charge in [-0.3, -0.25) is 4.55 Å². The van der Waals surface area contributed by atoms with E-state index in [2.05, 4.69) is 22.6 Å². The summed E-state index contributed by atoms with van der Waals surface area (Å²) in [7, 11) is -4.01. The highest BCUT2D eigenvalue weighted by Crippen LogP contribution is 2.14. The first-order chi connectivity index (χ1) is 6.38. The van der Waals surface area contributed by atoms with E-state index in [1.54, 1.807) is 12.1 Å². The first kappa shape index (κ1) is 11.9. The third kappa shape index (κ3) is 3.91. The molecule has 0 bridgehead atoms. The van der Waals surface area contributed by atoms with Crippen LogP contribution in [0, 0.1) is 3.57 Å². The minimum atomic E-state index is -4.01. The molecule has 78 valence electrons. The van der Waals surface area contributed by atoms with Crippen molar-refractivity contribution in [3.63, 3.8) is 0 Å². The highest BCUT2D eigenvalue weighted by atomic mass is 127. The van der Waals surface area contributed by atoms with E-state index in [0.717, 1.165) is 3.57 Å². The summed E-state index contributed by atoms with van der Waals surface area (Å²) in [5.74, 6) is -0.451. The van der Waals surface area contributed by atoms with Gasteiger partial charge in [0.2, 0.25) is 0 Å². The summed E-state index contributed by atoms with van der Waals surface area (Å²) in [6, 6.07) is 6.48. The van der Waals surface area contributed by atoms with Gasteiger partial charge in [0.15, 0.2) is 0 Å².